The van der Waals surface area contributed by atoms with E-state index in [0.29, 0.717) is 17.1 Å². The van der Waals surface area contributed by atoms with E-state index in [4.69, 9.17) is 21.1 Å². The molecule has 0 aliphatic heterocycles. The van der Waals surface area contributed by atoms with Gasteiger partial charge in [-0.2, -0.15) is 0 Å². The fraction of sp³-hybridized carbons (Fsp3) is 0.455. The highest BCUT2D eigenvalue weighted by molar-refractivity contribution is 7.90. The fourth-order valence-corrected chi connectivity index (χ4v) is 2.46. The molecule has 0 saturated heterocycles. The van der Waals surface area contributed by atoms with Crippen LogP contribution in [0.1, 0.15) is 18.5 Å². The number of ether oxygens (including phenoxy) is 2. The zero-order chi connectivity index (χ0) is 13.8. The molecule has 5 nitrogen and oxygen atoms in total. The van der Waals surface area contributed by atoms with E-state index in [1.165, 1.54) is 7.11 Å². The predicted molar refractivity (Wildman–Crippen MR) is 70.7 cm³/mol. The van der Waals surface area contributed by atoms with Crippen molar-refractivity contribution in [3.05, 3.63) is 23.8 Å². The number of sulfonamides is 1. The Balaban J connectivity index is 3.06. The monoisotopic (exact) mass is 293 g/mol. The summed E-state index contributed by atoms with van der Waals surface area (Å²) in [7, 11) is -0.430. The molecule has 0 saturated carbocycles. The predicted octanol–water partition coefficient (Wildman–Crippen LogP) is 1.88. The molecule has 1 N–H and O–H groups in total. The Hall–Kier alpha value is -0.980. The smallest absolute Gasteiger partial charge is 0.226 e. The van der Waals surface area contributed by atoms with E-state index in [2.05, 4.69) is 4.72 Å². The zero-order valence-corrected chi connectivity index (χ0v) is 12.0. The third kappa shape index (κ3) is 3.76. The van der Waals surface area contributed by atoms with E-state index in [0.717, 1.165) is 0 Å². The van der Waals surface area contributed by atoms with Crippen LogP contribution in [0.3, 0.4) is 0 Å². The Morgan fingerprint density at radius 3 is 2.50 bits per heavy atom. The van der Waals surface area contributed by atoms with Crippen LogP contribution in [0, 0.1) is 0 Å². The summed E-state index contributed by atoms with van der Waals surface area (Å²) in [4.78, 5) is 0. The number of hydrogen-bond donors (Lipinski definition) is 1. The Morgan fingerprint density at radius 2 is 2.00 bits per heavy atom. The molecule has 0 aliphatic rings. The van der Waals surface area contributed by atoms with Crippen molar-refractivity contribution >= 4 is 21.6 Å². The first kappa shape index (κ1) is 15.1. The largest absolute Gasteiger partial charge is 0.497 e. The SMILES string of the molecule is COc1ccc(OC)c(C(C)NS(=O)(=O)CCl)c1. The average molecular weight is 294 g/mol. The second kappa shape index (κ2) is 6.26. The van der Waals surface area contributed by atoms with Crippen molar-refractivity contribution in [1.82, 2.24) is 4.72 Å². The summed E-state index contributed by atoms with van der Waals surface area (Å²) in [5, 5.41) is -0.483. The first-order valence-corrected chi connectivity index (χ1v) is 7.40. The van der Waals surface area contributed by atoms with Crippen LogP contribution in [-0.4, -0.2) is 27.8 Å². The minimum absolute atomic E-state index is 0.459. The van der Waals surface area contributed by atoms with Gasteiger partial charge in [-0.3, -0.25) is 0 Å². The van der Waals surface area contributed by atoms with Crippen LogP contribution in [-0.2, 0) is 10.0 Å². The van der Waals surface area contributed by atoms with E-state index >= 15 is 0 Å². The number of rotatable bonds is 6. The van der Waals surface area contributed by atoms with Gasteiger partial charge in [0.25, 0.3) is 0 Å². The second-order valence-electron chi connectivity index (χ2n) is 3.67. The quantitative estimate of drug-likeness (QED) is 0.814. The minimum atomic E-state index is -3.49. The molecule has 7 heteroatoms. The van der Waals surface area contributed by atoms with Crippen molar-refractivity contribution in [1.29, 1.82) is 0 Å². The van der Waals surface area contributed by atoms with Crippen LogP contribution >= 0.6 is 11.6 Å². The summed E-state index contributed by atoms with van der Waals surface area (Å²) < 4.78 is 35.6. The van der Waals surface area contributed by atoms with Crippen molar-refractivity contribution in [2.75, 3.05) is 19.4 Å². The fourth-order valence-electron chi connectivity index (χ4n) is 1.54. The lowest BCUT2D eigenvalue weighted by molar-refractivity contribution is 0.395. The highest BCUT2D eigenvalue weighted by Crippen LogP contribution is 2.29. The summed E-state index contributed by atoms with van der Waals surface area (Å²) in [5.74, 6) is 1.21. The number of alkyl halides is 1. The van der Waals surface area contributed by atoms with Gasteiger partial charge in [0.1, 0.15) is 16.7 Å². The molecule has 0 radical (unpaired) electrons. The third-order valence-corrected chi connectivity index (χ3v) is 4.27. The Labute approximate surface area is 112 Å². The molecule has 1 atom stereocenters. The molecular formula is C11H16ClNO4S. The average Bonchev–Trinajstić information content (AvgIpc) is 2.37. The summed E-state index contributed by atoms with van der Waals surface area (Å²) in [6.07, 6.45) is 0. The van der Waals surface area contributed by atoms with Crippen LogP contribution in [0.5, 0.6) is 11.5 Å². The Bertz CT molecular complexity index is 504. The van der Waals surface area contributed by atoms with E-state index in [9.17, 15) is 8.42 Å². The van der Waals surface area contributed by atoms with Gasteiger partial charge < -0.3 is 9.47 Å². The lowest BCUT2D eigenvalue weighted by Gasteiger charge is -2.17. The minimum Gasteiger partial charge on any atom is -0.497 e. The molecule has 0 bridgehead atoms. The summed E-state index contributed by atoms with van der Waals surface area (Å²) in [5.41, 5.74) is 0.686. The maximum atomic E-state index is 11.4. The maximum Gasteiger partial charge on any atom is 0.226 e. The Morgan fingerprint density at radius 1 is 1.33 bits per heavy atom. The van der Waals surface area contributed by atoms with E-state index in [1.54, 1.807) is 32.2 Å². The summed E-state index contributed by atoms with van der Waals surface area (Å²) in [6, 6.07) is 4.73. The Kier molecular flexibility index (Phi) is 5.25. The van der Waals surface area contributed by atoms with Crippen LogP contribution in [0.25, 0.3) is 0 Å². The van der Waals surface area contributed by atoms with Crippen LogP contribution in [0.2, 0.25) is 0 Å². The van der Waals surface area contributed by atoms with Crippen LogP contribution in [0.4, 0.5) is 0 Å². The molecular weight excluding hydrogens is 278 g/mol. The molecule has 18 heavy (non-hydrogen) atoms. The molecule has 1 aromatic carbocycles. The lowest BCUT2D eigenvalue weighted by Crippen LogP contribution is -2.27. The zero-order valence-electron chi connectivity index (χ0n) is 10.4. The lowest BCUT2D eigenvalue weighted by atomic mass is 10.1. The van der Waals surface area contributed by atoms with Gasteiger partial charge in [-0.15, -0.1) is 11.6 Å². The molecule has 0 aromatic heterocycles. The summed E-state index contributed by atoms with van der Waals surface area (Å²) in [6.45, 7) is 1.71. The maximum absolute atomic E-state index is 11.4. The number of benzene rings is 1. The third-order valence-electron chi connectivity index (χ3n) is 2.40. The summed E-state index contributed by atoms with van der Waals surface area (Å²) >= 11 is 5.35. The van der Waals surface area contributed by atoms with E-state index in [-0.39, 0.29) is 0 Å². The van der Waals surface area contributed by atoms with Crippen LogP contribution < -0.4 is 14.2 Å². The van der Waals surface area contributed by atoms with Gasteiger partial charge >= 0.3 is 0 Å². The number of hydrogen-bond acceptors (Lipinski definition) is 4. The van der Waals surface area contributed by atoms with Gasteiger partial charge in [-0.05, 0) is 25.1 Å². The van der Waals surface area contributed by atoms with Crippen molar-refractivity contribution in [3.63, 3.8) is 0 Å². The highest BCUT2D eigenvalue weighted by Gasteiger charge is 2.18. The standard InChI is InChI=1S/C11H16ClNO4S/c1-8(13-18(14,15)7-12)10-6-9(16-2)4-5-11(10)17-3/h4-6,8,13H,7H2,1-3H3. The van der Waals surface area contributed by atoms with E-state index in [1.807, 2.05) is 0 Å². The van der Waals surface area contributed by atoms with E-state index < -0.39 is 21.3 Å². The topological polar surface area (TPSA) is 64.6 Å². The van der Waals surface area contributed by atoms with Crippen LogP contribution in [0.15, 0.2) is 18.2 Å². The molecule has 102 valence electrons. The molecule has 0 fully saturated rings. The number of nitrogens with one attached hydrogen (secondary N) is 1. The van der Waals surface area contributed by atoms with Crippen molar-refractivity contribution in [3.8, 4) is 11.5 Å². The highest BCUT2D eigenvalue weighted by atomic mass is 35.5. The molecule has 0 amide bonds. The van der Waals surface area contributed by atoms with Gasteiger partial charge in [0, 0.05) is 11.6 Å². The molecule has 1 aromatic rings. The van der Waals surface area contributed by atoms with Crippen molar-refractivity contribution < 1.29 is 17.9 Å². The first-order chi connectivity index (χ1) is 8.43. The number of methoxy groups -OCH3 is 2. The molecule has 1 rings (SSSR count). The number of halogens is 1. The molecule has 0 aliphatic carbocycles. The first-order valence-electron chi connectivity index (χ1n) is 5.21. The van der Waals surface area contributed by atoms with Gasteiger partial charge in [0.15, 0.2) is 0 Å². The molecule has 0 heterocycles. The normalized spacial score (nSPS) is 13.1. The van der Waals surface area contributed by atoms with Gasteiger partial charge in [-0.25, -0.2) is 13.1 Å². The van der Waals surface area contributed by atoms with Gasteiger partial charge in [0.05, 0.1) is 14.2 Å². The second-order valence-corrected chi connectivity index (χ2v) is 6.01. The van der Waals surface area contributed by atoms with Crippen molar-refractivity contribution in [2.24, 2.45) is 0 Å². The van der Waals surface area contributed by atoms with Crippen molar-refractivity contribution in [2.45, 2.75) is 13.0 Å². The molecule has 0 spiro atoms. The molecule has 1 unspecified atom stereocenters. The van der Waals surface area contributed by atoms with Gasteiger partial charge in [-0.1, -0.05) is 0 Å². The van der Waals surface area contributed by atoms with Gasteiger partial charge in [0.2, 0.25) is 10.0 Å².